The number of fused-ring (bicyclic) bond motifs is 1. The van der Waals surface area contributed by atoms with Gasteiger partial charge in [-0.25, -0.2) is 8.97 Å². The van der Waals surface area contributed by atoms with Crippen LogP contribution in [0.2, 0.25) is 0 Å². The van der Waals surface area contributed by atoms with E-state index in [1.807, 2.05) is 30.5 Å². The van der Waals surface area contributed by atoms with E-state index in [0.29, 0.717) is 0 Å². The molecule has 0 bridgehead atoms. The van der Waals surface area contributed by atoms with E-state index in [-0.39, 0.29) is 17.0 Å². The lowest BCUT2D eigenvalue weighted by molar-refractivity contribution is -0.664. The van der Waals surface area contributed by atoms with Crippen LogP contribution in [0, 0.1) is 0 Å². The van der Waals surface area contributed by atoms with Gasteiger partial charge in [0.2, 0.25) is 0 Å². The van der Waals surface area contributed by atoms with Crippen LogP contribution in [0.4, 0.5) is 0 Å². The molecule has 0 spiro atoms. The third-order valence-electron chi connectivity index (χ3n) is 6.08. The Kier molecular flexibility index (Phi) is 7.83. The zero-order valence-corrected chi connectivity index (χ0v) is 21.5. The van der Waals surface area contributed by atoms with E-state index in [1.54, 1.807) is 14.2 Å². The first-order valence-electron chi connectivity index (χ1n) is 11.4. The van der Waals surface area contributed by atoms with Crippen molar-refractivity contribution >= 4 is 5.78 Å². The molecule has 0 saturated heterocycles. The molecule has 3 aromatic carbocycles. The number of hydrogen-bond acceptors (Lipinski definition) is 3. The van der Waals surface area contributed by atoms with Gasteiger partial charge in [-0.2, -0.15) is 0 Å². The Bertz CT molecular complexity index is 1400. The van der Waals surface area contributed by atoms with E-state index in [9.17, 15) is 0 Å². The Morgan fingerprint density at radius 2 is 1.57 bits per heavy atom. The predicted molar refractivity (Wildman–Crippen MR) is 133 cm³/mol. The number of halogens is 1. The van der Waals surface area contributed by atoms with Gasteiger partial charge < -0.3 is 26.5 Å². The number of ether oxygens (including phenoxy) is 2. The lowest BCUT2D eigenvalue weighted by atomic mass is 10.0. The van der Waals surface area contributed by atoms with Gasteiger partial charge in [-0.05, 0) is 40.5 Å². The maximum atomic E-state index is 5.75. The Morgan fingerprint density at radius 1 is 0.800 bits per heavy atom. The number of imidazole rings is 1. The van der Waals surface area contributed by atoms with Crippen molar-refractivity contribution in [1.29, 1.82) is 0 Å². The zero-order valence-electron chi connectivity index (χ0n) is 19.9. The van der Waals surface area contributed by atoms with Crippen molar-refractivity contribution in [2.45, 2.75) is 19.4 Å². The molecule has 35 heavy (non-hydrogen) atoms. The fourth-order valence-electron chi connectivity index (χ4n) is 4.34. The molecule has 0 unspecified atom stereocenters. The van der Waals surface area contributed by atoms with Gasteiger partial charge in [-0.3, -0.25) is 0 Å². The van der Waals surface area contributed by atoms with Gasteiger partial charge in [0.1, 0.15) is 29.6 Å². The minimum absolute atomic E-state index is 0. The lowest BCUT2D eigenvalue weighted by Crippen LogP contribution is -3.00. The van der Waals surface area contributed by atoms with Crippen molar-refractivity contribution in [2.75, 3.05) is 14.2 Å². The third-order valence-corrected chi connectivity index (χ3v) is 6.08. The van der Waals surface area contributed by atoms with Crippen LogP contribution >= 0.6 is 0 Å². The molecule has 0 aliphatic heterocycles. The molecule has 5 nitrogen and oxygen atoms in total. The van der Waals surface area contributed by atoms with Gasteiger partial charge in [-0.15, -0.1) is 0 Å². The molecule has 2 heterocycles. The molecule has 0 N–H and O–H groups in total. The van der Waals surface area contributed by atoms with Crippen LogP contribution in [-0.4, -0.2) is 23.6 Å². The summed E-state index contributed by atoms with van der Waals surface area (Å²) in [6.45, 7) is 0.740. The second-order valence-corrected chi connectivity index (χ2v) is 8.37. The highest BCUT2D eigenvalue weighted by Gasteiger charge is 2.18. The normalized spacial score (nSPS) is 10.7. The van der Waals surface area contributed by atoms with Crippen molar-refractivity contribution < 1.29 is 31.0 Å². The fourth-order valence-corrected chi connectivity index (χ4v) is 4.34. The van der Waals surface area contributed by atoms with Crippen LogP contribution in [0.25, 0.3) is 5.78 Å². The van der Waals surface area contributed by atoms with Gasteiger partial charge in [0, 0.05) is 18.9 Å². The monoisotopic (exact) mass is 529 g/mol. The van der Waals surface area contributed by atoms with Crippen LogP contribution in [-0.2, 0) is 19.4 Å². The Labute approximate surface area is 216 Å². The summed E-state index contributed by atoms with van der Waals surface area (Å²) in [6, 6.07) is 27.2. The third kappa shape index (κ3) is 5.54. The Balaban J connectivity index is 0.00000289. The molecule has 0 aliphatic carbocycles. The van der Waals surface area contributed by atoms with Crippen LogP contribution < -0.4 is 31.0 Å². The maximum Gasteiger partial charge on any atom is 0.403 e. The number of aromatic nitrogens is 3. The molecule has 0 saturated carbocycles. The molecule has 5 aromatic rings. The van der Waals surface area contributed by atoms with Crippen LogP contribution in [0.3, 0.4) is 0 Å². The summed E-state index contributed by atoms with van der Waals surface area (Å²) < 4.78 is 15.4. The predicted octanol–water partition coefficient (Wildman–Crippen LogP) is 1.87. The first kappa shape index (κ1) is 24.5. The number of benzene rings is 3. The van der Waals surface area contributed by atoms with E-state index in [2.05, 4.69) is 80.9 Å². The molecule has 0 amide bonds. The number of nitrogens with zero attached hydrogens (tertiary/aromatic N) is 3. The molecule has 0 aliphatic rings. The Morgan fingerprint density at radius 3 is 2.31 bits per heavy atom. The quantitative estimate of drug-likeness (QED) is 0.288. The second kappa shape index (κ2) is 11.2. The highest BCUT2D eigenvalue weighted by Crippen LogP contribution is 2.25. The summed E-state index contributed by atoms with van der Waals surface area (Å²) >= 11 is 0. The lowest BCUT2D eigenvalue weighted by Gasteiger charge is -2.10. The van der Waals surface area contributed by atoms with E-state index >= 15 is 0 Å². The van der Waals surface area contributed by atoms with Crippen LogP contribution in [0.1, 0.15) is 27.9 Å². The van der Waals surface area contributed by atoms with Crippen molar-refractivity contribution in [2.24, 2.45) is 0 Å². The van der Waals surface area contributed by atoms with E-state index < -0.39 is 0 Å². The Hall–Kier alpha value is -3.64. The maximum absolute atomic E-state index is 5.75. The van der Waals surface area contributed by atoms with Gasteiger partial charge in [0.05, 0.1) is 27.0 Å². The van der Waals surface area contributed by atoms with Crippen molar-refractivity contribution in [3.8, 4) is 11.5 Å². The summed E-state index contributed by atoms with van der Waals surface area (Å²) in [5.74, 6) is 2.70. The van der Waals surface area contributed by atoms with Crippen molar-refractivity contribution in [3.63, 3.8) is 0 Å². The number of rotatable bonds is 8. The van der Waals surface area contributed by atoms with Crippen LogP contribution in [0.5, 0.6) is 11.5 Å². The smallest absolute Gasteiger partial charge is 0.403 e. The summed E-state index contributed by atoms with van der Waals surface area (Å²) in [6.07, 6.45) is 7.74. The number of hydrogen-bond donors (Lipinski definition) is 0. The average Bonchev–Trinajstić information content (AvgIpc) is 3.23. The summed E-state index contributed by atoms with van der Waals surface area (Å²) in [4.78, 5) is 4.64. The van der Waals surface area contributed by atoms with E-state index in [0.717, 1.165) is 36.7 Å². The van der Waals surface area contributed by atoms with Crippen molar-refractivity contribution in [1.82, 2.24) is 9.38 Å². The van der Waals surface area contributed by atoms with Crippen LogP contribution in [0.15, 0.2) is 97.5 Å². The van der Waals surface area contributed by atoms with E-state index in [4.69, 9.17) is 9.47 Å². The molecule has 0 atom stereocenters. The summed E-state index contributed by atoms with van der Waals surface area (Å²) in [5.41, 5.74) is 6.04. The second-order valence-electron chi connectivity index (χ2n) is 8.37. The molecule has 178 valence electrons. The summed E-state index contributed by atoms with van der Waals surface area (Å²) in [7, 11) is 3.43. The molecular formula is C29H28BrN3O2. The molecular weight excluding hydrogens is 502 g/mol. The number of methoxy groups -OCH3 is 2. The van der Waals surface area contributed by atoms with E-state index in [1.165, 1.54) is 27.9 Å². The van der Waals surface area contributed by atoms with Gasteiger partial charge in [-0.1, -0.05) is 59.6 Å². The molecule has 6 heteroatoms. The first-order chi connectivity index (χ1) is 16.7. The highest BCUT2D eigenvalue weighted by atomic mass is 79.9. The zero-order chi connectivity index (χ0) is 23.3. The molecule has 5 rings (SSSR count). The van der Waals surface area contributed by atoms with Gasteiger partial charge in [0.15, 0.2) is 0 Å². The SMILES string of the molecule is COc1ccc(C[n+]2cc(Cc3ccc(Cc4ccccc4)c(OC)c3)n3cccnc32)cc1.[Br-]. The minimum atomic E-state index is 0. The average molecular weight is 530 g/mol. The van der Waals surface area contributed by atoms with Gasteiger partial charge >= 0.3 is 5.78 Å². The molecule has 2 aromatic heterocycles. The first-order valence-corrected chi connectivity index (χ1v) is 11.4. The largest absolute Gasteiger partial charge is 1.00 e. The highest BCUT2D eigenvalue weighted by molar-refractivity contribution is 5.42. The fraction of sp³-hybridized carbons (Fsp3) is 0.172. The minimum Gasteiger partial charge on any atom is -1.00 e. The van der Waals surface area contributed by atoms with Gasteiger partial charge in [0.25, 0.3) is 0 Å². The molecule has 0 fully saturated rings. The standard InChI is InChI=1S/C29H28N3O2.BrH/c1-33-27-13-10-23(11-14-27)20-31-21-26(32-16-6-15-30-29(31)32)18-24-9-12-25(28(19-24)34-2)17-22-7-4-3-5-8-22;/h3-16,19,21H,17-18,20H2,1-2H3;1H/q+1;/p-1. The topological polar surface area (TPSA) is 39.6 Å². The molecule has 0 radical (unpaired) electrons. The van der Waals surface area contributed by atoms with Crippen molar-refractivity contribution in [3.05, 3.63) is 125 Å². The summed E-state index contributed by atoms with van der Waals surface area (Å²) in [5, 5.41) is 0.